The predicted octanol–water partition coefficient (Wildman–Crippen LogP) is 4.31. The Morgan fingerprint density at radius 3 is 2.25 bits per heavy atom. The van der Waals surface area contributed by atoms with Crippen molar-refractivity contribution in [2.45, 2.75) is 6.92 Å². The van der Waals surface area contributed by atoms with E-state index >= 15 is 0 Å². The van der Waals surface area contributed by atoms with Gasteiger partial charge in [-0.15, -0.1) is 0 Å². The maximum absolute atomic E-state index is 8.73. The molecule has 4 heteroatoms. The zero-order valence-corrected chi connectivity index (χ0v) is 12.7. The molecule has 100 valence electrons. The summed E-state index contributed by atoms with van der Waals surface area (Å²) in [6.45, 7) is 2.83. The molecule has 2 aromatic carbocycles. The van der Waals surface area contributed by atoms with Crippen LogP contribution in [0.25, 0.3) is 0 Å². The molecular weight excluding hydrogens is 314 g/mol. The SMILES string of the molecule is CCNc1cc(Br)ccc1C#N.N#Cc1ccccc1. The van der Waals surface area contributed by atoms with Crippen LogP contribution in [0.15, 0.2) is 53.0 Å². The average molecular weight is 328 g/mol. The first-order valence-electron chi connectivity index (χ1n) is 6.10. The third kappa shape index (κ3) is 5.14. The first kappa shape index (κ1) is 15.8. The fourth-order valence-corrected chi connectivity index (χ4v) is 1.82. The largest absolute Gasteiger partial charge is 0.384 e. The van der Waals surface area contributed by atoms with E-state index in [9.17, 15) is 0 Å². The van der Waals surface area contributed by atoms with Gasteiger partial charge in [0.15, 0.2) is 0 Å². The molecule has 2 rings (SSSR count). The number of nitrogens with one attached hydrogen (secondary N) is 1. The summed E-state index contributed by atoms with van der Waals surface area (Å²) in [4.78, 5) is 0. The van der Waals surface area contributed by atoms with Crippen LogP contribution in [0.2, 0.25) is 0 Å². The lowest BCUT2D eigenvalue weighted by molar-refractivity contribution is 1.21. The van der Waals surface area contributed by atoms with Gasteiger partial charge in [0, 0.05) is 11.0 Å². The second kappa shape index (κ2) is 8.74. The van der Waals surface area contributed by atoms with Crippen LogP contribution >= 0.6 is 15.9 Å². The number of anilines is 1. The molecule has 3 nitrogen and oxygen atoms in total. The van der Waals surface area contributed by atoms with Gasteiger partial charge < -0.3 is 5.32 Å². The molecule has 2 aromatic rings. The Labute approximate surface area is 127 Å². The smallest absolute Gasteiger partial charge is 0.101 e. The van der Waals surface area contributed by atoms with Crippen molar-refractivity contribution < 1.29 is 0 Å². The van der Waals surface area contributed by atoms with Crippen molar-refractivity contribution in [2.75, 3.05) is 11.9 Å². The van der Waals surface area contributed by atoms with E-state index < -0.39 is 0 Å². The number of nitriles is 2. The molecule has 0 bridgehead atoms. The quantitative estimate of drug-likeness (QED) is 0.893. The van der Waals surface area contributed by atoms with Gasteiger partial charge in [0.05, 0.1) is 22.9 Å². The van der Waals surface area contributed by atoms with Gasteiger partial charge in [0.1, 0.15) is 6.07 Å². The molecular formula is C16H14BrN3. The number of benzene rings is 2. The lowest BCUT2D eigenvalue weighted by Gasteiger charge is -2.04. The first-order valence-corrected chi connectivity index (χ1v) is 6.89. The third-order valence-electron chi connectivity index (χ3n) is 2.37. The van der Waals surface area contributed by atoms with E-state index in [2.05, 4.69) is 27.3 Å². The lowest BCUT2D eigenvalue weighted by atomic mass is 10.2. The zero-order chi connectivity index (χ0) is 14.8. The summed E-state index contributed by atoms with van der Waals surface area (Å²) in [7, 11) is 0. The molecule has 0 unspecified atom stereocenters. The van der Waals surface area contributed by atoms with E-state index in [0.29, 0.717) is 11.1 Å². The third-order valence-corrected chi connectivity index (χ3v) is 2.87. The summed E-state index contributed by atoms with van der Waals surface area (Å²) in [6.07, 6.45) is 0. The maximum atomic E-state index is 8.73. The molecule has 0 atom stereocenters. The van der Waals surface area contributed by atoms with Gasteiger partial charge in [-0.2, -0.15) is 10.5 Å². The van der Waals surface area contributed by atoms with Crippen LogP contribution in [0.3, 0.4) is 0 Å². The first-order chi connectivity index (χ1) is 9.71. The molecule has 0 aliphatic rings. The van der Waals surface area contributed by atoms with Gasteiger partial charge in [0.25, 0.3) is 0 Å². The molecule has 0 aliphatic heterocycles. The lowest BCUT2D eigenvalue weighted by Crippen LogP contribution is -1.98. The van der Waals surface area contributed by atoms with Gasteiger partial charge >= 0.3 is 0 Å². The highest BCUT2D eigenvalue weighted by Crippen LogP contribution is 2.20. The van der Waals surface area contributed by atoms with E-state index in [4.69, 9.17) is 10.5 Å². The van der Waals surface area contributed by atoms with Crippen LogP contribution in [0, 0.1) is 22.7 Å². The number of hydrogen-bond donors (Lipinski definition) is 1. The highest BCUT2D eigenvalue weighted by Gasteiger charge is 1.99. The van der Waals surface area contributed by atoms with Crippen molar-refractivity contribution in [2.24, 2.45) is 0 Å². The van der Waals surface area contributed by atoms with Gasteiger partial charge in [0.2, 0.25) is 0 Å². The Morgan fingerprint density at radius 2 is 1.75 bits per heavy atom. The number of halogens is 1. The summed E-state index contributed by atoms with van der Waals surface area (Å²) >= 11 is 3.35. The van der Waals surface area contributed by atoms with Gasteiger partial charge in [-0.1, -0.05) is 34.1 Å². The molecule has 0 saturated carbocycles. The van der Waals surface area contributed by atoms with E-state index in [1.807, 2.05) is 43.3 Å². The Hall–Kier alpha value is -2.30. The molecule has 1 N–H and O–H groups in total. The highest BCUT2D eigenvalue weighted by molar-refractivity contribution is 9.10. The van der Waals surface area contributed by atoms with Crippen LogP contribution in [-0.4, -0.2) is 6.54 Å². The Bertz CT molecular complexity index is 624. The van der Waals surface area contributed by atoms with Crippen molar-refractivity contribution in [3.63, 3.8) is 0 Å². The average Bonchev–Trinajstić information content (AvgIpc) is 2.49. The van der Waals surface area contributed by atoms with Crippen LogP contribution in [-0.2, 0) is 0 Å². The summed E-state index contributed by atoms with van der Waals surface area (Å²) in [6, 6.07) is 18.8. The van der Waals surface area contributed by atoms with Crippen molar-refractivity contribution in [1.29, 1.82) is 10.5 Å². The van der Waals surface area contributed by atoms with Gasteiger partial charge in [-0.05, 0) is 37.3 Å². The van der Waals surface area contributed by atoms with E-state index in [1.165, 1.54) is 0 Å². The fourth-order valence-electron chi connectivity index (χ4n) is 1.46. The van der Waals surface area contributed by atoms with E-state index in [-0.39, 0.29) is 0 Å². The van der Waals surface area contributed by atoms with E-state index in [1.54, 1.807) is 18.2 Å². The summed E-state index contributed by atoms with van der Waals surface area (Å²) in [5, 5.41) is 20.1. The molecule has 0 radical (unpaired) electrons. The molecule has 20 heavy (non-hydrogen) atoms. The molecule has 0 saturated heterocycles. The summed E-state index contributed by atoms with van der Waals surface area (Å²) in [5.41, 5.74) is 2.28. The molecule has 0 aromatic heterocycles. The number of nitrogens with zero attached hydrogens (tertiary/aromatic N) is 2. The minimum absolute atomic E-state index is 0.681. The Balaban J connectivity index is 0.000000217. The van der Waals surface area contributed by atoms with Crippen molar-refractivity contribution in [3.8, 4) is 12.1 Å². The second-order valence-electron chi connectivity index (χ2n) is 3.81. The normalized spacial score (nSPS) is 8.60. The molecule has 0 fully saturated rings. The maximum Gasteiger partial charge on any atom is 0.101 e. The molecule has 0 heterocycles. The standard InChI is InChI=1S/C9H9BrN2.C7H5N/c1-2-12-9-5-8(10)4-3-7(9)6-11;8-6-7-4-2-1-3-5-7/h3-5,12H,2H2,1H3;1-5H. The van der Waals surface area contributed by atoms with E-state index in [0.717, 1.165) is 16.7 Å². The van der Waals surface area contributed by atoms with Crippen LogP contribution in [0.4, 0.5) is 5.69 Å². The fraction of sp³-hybridized carbons (Fsp3) is 0.125. The van der Waals surface area contributed by atoms with Gasteiger partial charge in [-0.25, -0.2) is 0 Å². The minimum Gasteiger partial charge on any atom is -0.384 e. The van der Waals surface area contributed by atoms with Crippen LogP contribution < -0.4 is 5.32 Å². The summed E-state index contributed by atoms with van der Waals surface area (Å²) in [5.74, 6) is 0. The van der Waals surface area contributed by atoms with Gasteiger partial charge in [-0.3, -0.25) is 0 Å². The number of rotatable bonds is 2. The van der Waals surface area contributed by atoms with Crippen LogP contribution in [0.1, 0.15) is 18.1 Å². The monoisotopic (exact) mass is 327 g/mol. The highest BCUT2D eigenvalue weighted by atomic mass is 79.9. The Kier molecular flexibility index (Phi) is 6.89. The second-order valence-corrected chi connectivity index (χ2v) is 4.73. The molecule has 0 amide bonds. The van der Waals surface area contributed by atoms with Crippen molar-refractivity contribution in [3.05, 3.63) is 64.1 Å². The summed E-state index contributed by atoms with van der Waals surface area (Å²) < 4.78 is 0.984. The zero-order valence-electron chi connectivity index (χ0n) is 11.1. The van der Waals surface area contributed by atoms with Crippen LogP contribution in [0.5, 0.6) is 0 Å². The minimum atomic E-state index is 0.681. The van der Waals surface area contributed by atoms with Crippen molar-refractivity contribution in [1.82, 2.24) is 0 Å². The molecule has 0 aliphatic carbocycles. The molecule has 0 spiro atoms. The van der Waals surface area contributed by atoms with Crippen molar-refractivity contribution >= 4 is 21.6 Å². The predicted molar refractivity (Wildman–Crippen MR) is 84.2 cm³/mol. The topological polar surface area (TPSA) is 59.6 Å². The number of hydrogen-bond acceptors (Lipinski definition) is 3. The Morgan fingerprint density at radius 1 is 1.05 bits per heavy atom.